The number of anilines is 1. The number of esters is 1. The third-order valence-corrected chi connectivity index (χ3v) is 8.27. The molecule has 8 heteroatoms. The Hall–Kier alpha value is -3.23. The normalized spacial score (nSPS) is 27.5. The summed E-state index contributed by atoms with van der Waals surface area (Å²) in [6.45, 7) is 6.55. The van der Waals surface area contributed by atoms with Crippen LogP contribution in [0.5, 0.6) is 0 Å². The fourth-order valence-corrected chi connectivity index (χ4v) is 6.69. The van der Waals surface area contributed by atoms with Crippen molar-refractivity contribution in [2.24, 2.45) is 11.8 Å². The van der Waals surface area contributed by atoms with Gasteiger partial charge < -0.3 is 24.4 Å². The zero-order valence-electron chi connectivity index (χ0n) is 21.9. The van der Waals surface area contributed by atoms with Crippen LogP contribution in [0.15, 0.2) is 55.1 Å². The third-order valence-electron chi connectivity index (χ3n) is 8.27. The number of likely N-dealkylation sites (tertiary alicyclic amines) is 1. The number of unbranched alkanes of at least 4 members (excludes halogenated alkanes) is 2. The molecule has 2 amide bonds. The number of rotatable bonds is 11. The van der Waals surface area contributed by atoms with Gasteiger partial charge in [0.05, 0.1) is 24.5 Å². The zero-order chi connectivity index (χ0) is 26.9. The summed E-state index contributed by atoms with van der Waals surface area (Å²) in [5.74, 6) is -2.33. The number of aliphatic hydroxyl groups is 1. The molecule has 5 rings (SSSR count). The molecule has 3 fully saturated rings. The maximum absolute atomic E-state index is 14.5. The fraction of sp³-hybridized carbons (Fsp3) is 0.500. The van der Waals surface area contributed by atoms with E-state index in [2.05, 4.69) is 6.58 Å². The lowest BCUT2D eigenvalue weighted by Gasteiger charge is -2.37. The van der Waals surface area contributed by atoms with Crippen LogP contribution in [0.25, 0.3) is 10.8 Å². The largest absolute Gasteiger partial charge is 0.466 e. The van der Waals surface area contributed by atoms with Crippen LogP contribution in [0.2, 0.25) is 0 Å². The van der Waals surface area contributed by atoms with Gasteiger partial charge in [-0.25, -0.2) is 0 Å². The van der Waals surface area contributed by atoms with E-state index in [-0.39, 0.29) is 31.6 Å². The van der Waals surface area contributed by atoms with Crippen LogP contribution >= 0.6 is 0 Å². The summed E-state index contributed by atoms with van der Waals surface area (Å²) in [7, 11) is 0. The molecule has 5 atom stereocenters. The van der Waals surface area contributed by atoms with E-state index in [0.717, 1.165) is 22.9 Å². The fourth-order valence-electron chi connectivity index (χ4n) is 6.69. The number of carbonyl (C=O) groups is 3. The van der Waals surface area contributed by atoms with E-state index in [0.29, 0.717) is 32.2 Å². The second-order valence-corrected chi connectivity index (χ2v) is 10.4. The van der Waals surface area contributed by atoms with Gasteiger partial charge in [-0.15, -0.1) is 6.58 Å². The molecule has 2 aromatic carbocycles. The summed E-state index contributed by atoms with van der Waals surface area (Å²) < 4.78 is 11.8. The first-order chi connectivity index (χ1) is 18.5. The predicted molar refractivity (Wildman–Crippen MR) is 143 cm³/mol. The van der Waals surface area contributed by atoms with Crippen molar-refractivity contribution >= 4 is 34.2 Å². The Morgan fingerprint density at radius 3 is 2.74 bits per heavy atom. The van der Waals surface area contributed by atoms with E-state index in [9.17, 15) is 19.5 Å². The van der Waals surface area contributed by atoms with Crippen molar-refractivity contribution in [2.75, 3.05) is 31.2 Å². The number of hydrogen-bond donors (Lipinski definition) is 1. The van der Waals surface area contributed by atoms with Crippen molar-refractivity contribution in [1.29, 1.82) is 0 Å². The minimum Gasteiger partial charge on any atom is -0.466 e. The summed E-state index contributed by atoms with van der Waals surface area (Å²) >= 11 is 0. The van der Waals surface area contributed by atoms with E-state index >= 15 is 0 Å². The monoisotopic (exact) mass is 520 g/mol. The molecule has 1 N–H and O–H groups in total. The minimum atomic E-state index is -1.07. The van der Waals surface area contributed by atoms with Gasteiger partial charge in [0.2, 0.25) is 5.91 Å². The van der Waals surface area contributed by atoms with Crippen LogP contribution < -0.4 is 4.90 Å². The highest BCUT2D eigenvalue weighted by atomic mass is 16.6. The Labute approximate surface area is 223 Å². The van der Waals surface area contributed by atoms with Crippen LogP contribution in [0.3, 0.4) is 0 Å². The lowest BCUT2D eigenvalue weighted by Crippen LogP contribution is -2.56. The summed E-state index contributed by atoms with van der Waals surface area (Å²) in [4.78, 5) is 44.7. The van der Waals surface area contributed by atoms with Gasteiger partial charge in [0.15, 0.2) is 0 Å². The molecule has 2 aromatic rings. The number of benzene rings is 2. The standard InChI is InChI=1S/C30H36N2O6/c1-3-16-31(22-13-12-20-10-6-7-11-21(20)19-22)28(35)26-30-15-14-23(38-30)24(29(36)37-4-2)25(30)27(34)32(26)17-8-5-9-18-33/h3,6-7,10-13,19,23-26,33H,1,4-5,8-9,14-18H2,2H3/t23-,24+,25+,26-,30+/m1/s1. The number of hydrogen-bond acceptors (Lipinski definition) is 6. The third kappa shape index (κ3) is 4.29. The molecule has 2 bridgehead atoms. The Balaban J connectivity index is 1.53. The van der Waals surface area contributed by atoms with Crippen molar-refractivity contribution in [3.05, 3.63) is 55.1 Å². The van der Waals surface area contributed by atoms with Crippen molar-refractivity contribution in [2.45, 2.75) is 56.8 Å². The van der Waals surface area contributed by atoms with E-state index in [1.807, 2.05) is 42.5 Å². The topological polar surface area (TPSA) is 96.4 Å². The van der Waals surface area contributed by atoms with Crippen LogP contribution in [0, 0.1) is 11.8 Å². The highest BCUT2D eigenvalue weighted by molar-refractivity contribution is 6.05. The Morgan fingerprint density at radius 2 is 2.00 bits per heavy atom. The molecular weight excluding hydrogens is 484 g/mol. The highest BCUT2D eigenvalue weighted by Gasteiger charge is 2.75. The highest BCUT2D eigenvalue weighted by Crippen LogP contribution is 2.59. The second kappa shape index (κ2) is 10.9. The molecule has 202 valence electrons. The predicted octanol–water partition coefficient (Wildman–Crippen LogP) is 3.46. The van der Waals surface area contributed by atoms with Crippen LogP contribution in [-0.2, 0) is 23.9 Å². The molecule has 0 radical (unpaired) electrons. The molecule has 0 aromatic heterocycles. The van der Waals surface area contributed by atoms with E-state index in [1.54, 1.807) is 22.8 Å². The van der Waals surface area contributed by atoms with E-state index in [4.69, 9.17) is 9.47 Å². The lowest BCUT2D eigenvalue weighted by molar-refractivity contribution is -0.154. The first-order valence-corrected chi connectivity index (χ1v) is 13.6. The van der Waals surface area contributed by atoms with Crippen molar-refractivity contribution in [3.8, 4) is 0 Å². The maximum Gasteiger partial charge on any atom is 0.312 e. The molecular formula is C30H36N2O6. The molecule has 3 aliphatic rings. The van der Waals surface area contributed by atoms with Gasteiger partial charge in [-0.3, -0.25) is 14.4 Å². The molecule has 3 heterocycles. The molecule has 0 unspecified atom stereocenters. The summed E-state index contributed by atoms with van der Waals surface area (Å²) in [5, 5.41) is 11.3. The van der Waals surface area contributed by atoms with Crippen molar-refractivity contribution in [1.82, 2.24) is 4.90 Å². The van der Waals surface area contributed by atoms with Crippen molar-refractivity contribution in [3.63, 3.8) is 0 Å². The van der Waals surface area contributed by atoms with Crippen molar-refractivity contribution < 1.29 is 29.0 Å². The van der Waals surface area contributed by atoms with Gasteiger partial charge in [-0.1, -0.05) is 36.4 Å². The quantitative estimate of drug-likeness (QED) is 0.277. The average molecular weight is 521 g/mol. The number of ether oxygens (including phenoxy) is 2. The number of aliphatic hydroxyl groups excluding tert-OH is 1. The Morgan fingerprint density at radius 1 is 1.21 bits per heavy atom. The van der Waals surface area contributed by atoms with Crippen LogP contribution in [-0.4, -0.2) is 71.8 Å². The van der Waals surface area contributed by atoms with Gasteiger partial charge >= 0.3 is 5.97 Å². The SMILES string of the molecule is C=CCN(C(=O)[C@H]1N(CCCCCO)C(=O)[C@@H]2[C@@H](C(=O)OCC)[C@H]3CC[C@]21O3)c1ccc2ccccc2c1. The summed E-state index contributed by atoms with van der Waals surface area (Å²) in [5.41, 5.74) is -0.348. The van der Waals surface area contributed by atoms with Crippen LogP contribution in [0.4, 0.5) is 5.69 Å². The van der Waals surface area contributed by atoms with E-state index < -0.39 is 35.6 Å². The van der Waals surface area contributed by atoms with Gasteiger partial charge in [0.25, 0.3) is 5.91 Å². The average Bonchev–Trinajstić information content (AvgIpc) is 3.57. The first kappa shape index (κ1) is 26.4. The van der Waals surface area contributed by atoms with E-state index in [1.165, 1.54) is 0 Å². The molecule has 3 aliphatic heterocycles. The molecule has 8 nitrogen and oxygen atoms in total. The Kier molecular flexibility index (Phi) is 7.54. The molecule has 38 heavy (non-hydrogen) atoms. The van der Waals surface area contributed by atoms with Gasteiger partial charge in [-0.2, -0.15) is 0 Å². The molecule has 1 spiro atoms. The number of nitrogens with zero attached hydrogens (tertiary/aromatic N) is 2. The van der Waals surface area contributed by atoms with Gasteiger partial charge in [-0.05, 0) is 61.9 Å². The molecule has 3 saturated heterocycles. The number of carbonyl (C=O) groups excluding carboxylic acids is 3. The van der Waals surface area contributed by atoms with Gasteiger partial charge in [0.1, 0.15) is 11.6 Å². The maximum atomic E-state index is 14.5. The Bertz CT molecular complexity index is 1230. The second-order valence-electron chi connectivity index (χ2n) is 10.4. The molecule has 0 saturated carbocycles. The minimum absolute atomic E-state index is 0.0771. The molecule has 0 aliphatic carbocycles. The summed E-state index contributed by atoms with van der Waals surface area (Å²) in [6, 6.07) is 13.0. The van der Waals surface area contributed by atoms with Gasteiger partial charge in [0, 0.05) is 25.4 Å². The van der Waals surface area contributed by atoms with Crippen LogP contribution in [0.1, 0.15) is 39.0 Å². The smallest absolute Gasteiger partial charge is 0.312 e. The zero-order valence-corrected chi connectivity index (χ0v) is 21.9. The first-order valence-electron chi connectivity index (χ1n) is 13.6. The number of fused-ring (bicyclic) bond motifs is 2. The number of amides is 2. The summed E-state index contributed by atoms with van der Waals surface area (Å²) in [6.07, 6.45) is 4.38. The lowest BCUT2D eigenvalue weighted by atomic mass is 9.70.